The van der Waals surface area contributed by atoms with E-state index in [9.17, 15) is 9.00 Å². The first-order chi connectivity index (χ1) is 16.2. The lowest BCUT2D eigenvalue weighted by molar-refractivity contribution is 0.0490. The van der Waals surface area contributed by atoms with E-state index in [2.05, 4.69) is 37.7 Å². The standard InChI is InChI=1S/C24H32N6O3S/c1-24(2,3)33-23(31)28-17-10-8-16(9-11-17)27-19-7-5-6-14-30-20(15-26-21(19)30)18-12-13-25-22(29-18)34(4)32/h6-7,12-17,27H,5,8-11H2,1-4H3,(H,28,31). The molecule has 0 bridgehead atoms. The van der Waals surface area contributed by atoms with Crippen molar-refractivity contribution in [1.82, 2.24) is 30.2 Å². The van der Waals surface area contributed by atoms with Gasteiger partial charge in [-0.05, 0) is 58.9 Å². The topological polar surface area (TPSA) is 111 Å². The van der Waals surface area contributed by atoms with E-state index in [1.54, 1.807) is 24.7 Å². The minimum atomic E-state index is -1.26. The van der Waals surface area contributed by atoms with E-state index in [0.717, 1.165) is 49.3 Å². The number of carbonyl (C=O) groups excluding carboxylic acids is 1. The Kier molecular flexibility index (Phi) is 7.16. The molecule has 9 nitrogen and oxygen atoms in total. The fourth-order valence-electron chi connectivity index (χ4n) is 4.17. The van der Waals surface area contributed by atoms with Crippen LogP contribution in [-0.4, -0.2) is 53.8 Å². The van der Waals surface area contributed by atoms with E-state index in [1.807, 2.05) is 31.5 Å². The molecule has 182 valence electrons. The van der Waals surface area contributed by atoms with E-state index in [0.29, 0.717) is 16.9 Å². The fraction of sp³-hybridized carbons (Fsp3) is 0.500. The van der Waals surface area contributed by atoms with Gasteiger partial charge in [-0.2, -0.15) is 0 Å². The van der Waals surface area contributed by atoms with Gasteiger partial charge in [-0.15, -0.1) is 0 Å². The van der Waals surface area contributed by atoms with Gasteiger partial charge >= 0.3 is 6.09 Å². The van der Waals surface area contributed by atoms with Gasteiger partial charge in [0.05, 0.1) is 34.1 Å². The monoisotopic (exact) mass is 484 g/mol. The Labute approximate surface area is 202 Å². The molecule has 2 aromatic rings. The van der Waals surface area contributed by atoms with Crippen LogP contribution in [0.5, 0.6) is 0 Å². The molecule has 1 saturated carbocycles. The third-order valence-corrected chi connectivity index (χ3v) is 6.42. The number of carbonyl (C=O) groups is 1. The van der Waals surface area contributed by atoms with E-state index in [1.165, 1.54) is 0 Å². The van der Waals surface area contributed by atoms with Crippen molar-refractivity contribution in [2.75, 3.05) is 6.26 Å². The third-order valence-electron chi connectivity index (χ3n) is 5.71. The van der Waals surface area contributed by atoms with Gasteiger partial charge in [-0.25, -0.2) is 19.7 Å². The summed E-state index contributed by atoms with van der Waals surface area (Å²) in [7, 11) is -1.26. The number of imidazole rings is 1. The average molecular weight is 485 g/mol. The van der Waals surface area contributed by atoms with E-state index in [-0.39, 0.29) is 12.1 Å². The minimum Gasteiger partial charge on any atom is -0.444 e. The van der Waals surface area contributed by atoms with Crippen molar-refractivity contribution >= 4 is 28.8 Å². The number of nitrogens with one attached hydrogen (secondary N) is 2. The molecule has 1 fully saturated rings. The van der Waals surface area contributed by atoms with Crippen LogP contribution in [0.15, 0.2) is 35.8 Å². The zero-order valence-electron chi connectivity index (χ0n) is 20.1. The predicted molar refractivity (Wildman–Crippen MR) is 132 cm³/mol. The van der Waals surface area contributed by atoms with Crippen LogP contribution >= 0.6 is 0 Å². The smallest absolute Gasteiger partial charge is 0.407 e. The number of allylic oxidation sites excluding steroid dienone is 2. The summed E-state index contributed by atoms with van der Waals surface area (Å²) in [6, 6.07) is 2.22. The van der Waals surface area contributed by atoms with Gasteiger partial charge in [0, 0.05) is 30.7 Å². The quantitative estimate of drug-likeness (QED) is 0.622. The summed E-state index contributed by atoms with van der Waals surface area (Å²) in [6.07, 6.45) is 15.3. The molecule has 34 heavy (non-hydrogen) atoms. The molecule has 0 spiro atoms. The van der Waals surface area contributed by atoms with E-state index < -0.39 is 16.4 Å². The van der Waals surface area contributed by atoms with Crippen molar-refractivity contribution in [3.8, 4) is 11.4 Å². The molecule has 2 aromatic heterocycles. The number of amides is 1. The lowest BCUT2D eigenvalue weighted by Gasteiger charge is -2.31. The molecule has 0 aromatic carbocycles. The summed E-state index contributed by atoms with van der Waals surface area (Å²) in [5, 5.41) is 6.97. The van der Waals surface area contributed by atoms with E-state index in [4.69, 9.17) is 4.74 Å². The van der Waals surface area contributed by atoms with Crippen LogP contribution in [0.4, 0.5) is 4.79 Å². The van der Waals surface area contributed by atoms with Crippen molar-refractivity contribution in [2.24, 2.45) is 0 Å². The first-order valence-corrected chi connectivity index (χ1v) is 13.1. The normalized spacial score (nSPS) is 21.1. The molecule has 1 aliphatic heterocycles. The zero-order chi connectivity index (χ0) is 24.3. The number of fused-ring (bicyclic) bond motifs is 1. The maximum absolute atomic E-state index is 12.1. The van der Waals surface area contributed by atoms with Gasteiger partial charge in [-0.3, -0.25) is 8.78 Å². The van der Waals surface area contributed by atoms with Gasteiger partial charge < -0.3 is 15.4 Å². The molecule has 2 aliphatic rings. The summed E-state index contributed by atoms with van der Waals surface area (Å²) in [4.78, 5) is 25.3. The molecule has 0 radical (unpaired) electrons. The Morgan fingerprint density at radius 1 is 1.18 bits per heavy atom. The number of nitrogens with zero attached hydrogens (tertiary/aromatic N) is 4. The minimum absolute atomic E-state index is 0.127. The van der Waals surface area contributed by atoms with Crippen molar-refractivity contribution in [3.05, 3.63) is 36.4 Å². The van der Waals surface area contributed by atoms with Gasteiger partial charge in [0.25, 0.3) is 0 Å². The van der Waals surface area contributed by atoms with Crippen molar-refractivity contribution < 1.29 is 13.7 Å². The molecular formula is C24H32N6O3S. The highest BCUT2D eigenvalue weighted by atomic mass is 32.2. The third kappa shape index (κ3) is 5.91. The SMILES string of the molecule is CS(=O)c1nccc(-c2cnc3n2C=CCC=C3NC2CCC(NC(=O)OC(C)(C)C)CC2)n1. The summed E-state index contributed by atoms with van der Waals surface area (Å²) in [5.41, 5.74) is 1.98. The van der Waals surface area contributed by atoms with Gasteiger partial charge in [0.15, 0.2) is 5.82 Å². The second-order valence-corrected chi connectivity index (χ2v) is 10.9. The molecule has 10 heteroatoms. The summed E-state index contributed by atoms with van der Waals surface area (Å²) in [6.45, 7) is 5.60. The van der Waals surface area contributed by atoms with E-state index >= 15 is 0 Å². The highest BCUT2D eigenvalue weighted by Gasteiger charge is 2.26. The average Bonchev–Trinajstić information content (AvgIpc) is 3.10. The van der Waals surface area contributed by atoms with Crippen LogP contribution in [-0.2, 0) is 15.5 Å². The Bertz CT molecular complexity index is 1130. The Hall–Kier alpha value is -3.01. The number of hydrogen-bond acceptors (Lipinski definition) is 7. The molecule has 0 saturated heterocycles. The molecule has 1 amide bonds. The molecule has 1 atom stereocenters. The van der Waals surface area contributed by atoms with Crippen LogP contribution in [0.2, 0.25) is 0 Å². The molecule has 1 unspecified atom stereocenters. The number of hydrogen-bond donors (Lipinski definition) is 2. The van der Waals surface area contributed by atoms with Crippen LogP contribution in [0.3, 0.4) is 0 Å². The molecule has 3 heterocycles. The Morgan fingerprint density at radius 3 is 2.62 bits per heavy atom. The molecule has 1 aliphatic carbocycles. The van der Waals surface area contributed by atoms with Crippen LogP contribution < -0.4 is 10.6 Å². The van der Waals surface area contributed by atoms with Crippen molar-refractivity contribution in [3.63, 3.8) is 0 Å². The number of ether oxygens (including phenoxy) is 1. The van der Waals surface area contributed by atoms with Crippen LogP contribution in [0, 0.1) is 0 Å². The van der Waals surface area contributed by atoms with Gasteiger partial charge in [0.1, 0.15) is 5.60 Å². The highest BCUT2D eigenvalue weighted by molar-refractivity contribution is 7.84. The first-order valence-electron chi connectivity index (χ1n) is 11.6. The zero-order valence-corrected chi connectivity index (χ0v) is 20.9. The summed E-state index contributed by atoms with van der Waals surface area (Å²) < 4.78 is 19.2. The molecule has 2 N–H and O–H groups in total. The number of rotatable bonds is 5. The highest BCUT2D eigenvalue weighted by Crippen LogP contribution is 2.27. The van der Waals surface area contributed by atoms with Crippen LogP contribution in [0.25, 0.3) is 23.3 Å². The van der Waals surface area contributed by atoms with Gasteiger partial charge in [0.2, 0.25) is 5.16 Å². The van der Waals surface area contributed by atoms with Crippen LogP contribution in [0.1, 0.15) is 58.7 Å². The second kappa shape index (κ2) is 10.1. The largest absolute Gasteiger partial charge is 0.444 e. The van der Waals surface area contributed by atoms with Crippen molar-refractivity contribution in [1.29, 1.82) is 0 Å². The number of aromatic nitrogens is 4. The number of alkyl carbamates (subject to hydrolysis) is 1. The predicted octanol–water partition coefficient (Wildman–Crippen LogP) is 3.72. The lowest BCUT2D eigenvalue weighted by atomic mass is 9.91. The maximum Gasteiger partial charge on any atom is 0.407 e. The summed E-state index contributed by atoms with van der Waals surface area (Å²) in [5.74, 6) is 0.815. The maximum atomic E-state index is 12.1. The second-order valence-electron chi connectivity index (χ2n) is 9.59. The fourth-order valence-corrected chi connectivity index (χ4v) is 4.60. The van der Waals surface area contributed by atoms with Gasteiger partial charge in [-0.1, -0.05) is 12.2 Å². The Morgan fingerprint density at radius 2 is 1.91 bits per heavy atom. The van der Waals surface area contributed by atoms with Crippen molar-refractivity contribution in [2.45, 2.75) is 75.7 Å². The Balaban J connectivity index is 1.42. The first kappa shape index (κ1) is 24.1. The summed E-state index contributed by atoms with van der Waals surface area (Å²) >= 11 is 0. The molecule has 4 rings (SSSR count). The lowest BCUT2D eigenvalue weighted by Crippen LogP contribution is -2.43. The molecular weight excluding hydrogens is 452 g/mol.